The van der Waals surface area contributed by atoms with E-state index in [-0.39, 0.29) is 0 Å². The quantitative estimate of drug-likeness (QED) is 0.839. The second-order valence-electron chi connectivity index (χ2n) is 4.31. The van der Waals surface area contributed by atoms with Crippen molar-refractivity contribution in [2.24, 2.45) is 0 Å². The van der Waals surface area contributed by atoms with Crippen molar-refractivity contribution in [1.82, 2.24) is 15.5 Å². The van der Waals surface area contributed by atoms with Crippen LogP contribution in [0.3, 0.4) is 0 Å². The van der Waals surface area contributed by atoms with E-state index in [9.17, 15) is 0 Å². The van der Waals surface area contributed by atoms with E-state index >= 15 is 0 Å². The summed E-state index contributed by atoms with van der Waals surface area (Å²) in [5.41, 5.74) is 1.00. The lowest BCUT2D eigenvalue weighted by molar-refractivity contribution is 0.726. The molecule has 0 unspecified atom stereocenters. The summed E-state index contributed by atoms with van der Waals surface area (Å²) in [4.78, 5) is 2.35. The summed E-state index contributed by atoms with van der Waals surface area (Å²) in [6.45, 7) is 3.04. The third-order valence-corrected chi connectivity index (χ3v) is 2.99. The minimum Gasteiger partial charge on any atom is -0.355 e. The Morgan fingerprint density at radius 1 is 1.12 bits per heavy atom. The third kappa shape index (κ3) is 2.92. The van der Waals surface area contributed by atoms with Crippen molar-refractivity contribution in [1.29, 1.82) is 0 Å². The lowest BCUT2D eigenvalue weighted by atomic mass is 10.2. The van der Waals surface area contributed by atoms with Crippen LogP contribution >= 0.6 is 0 Å². The molecule has 0 bridgehead atoms. The molecule has 2 heterocycles. The maximum Gasteiger partial charge on any atom is 0.151 e. The van der Waals surface area contributed by atoms with Gasteiger partial charge in [-0.05, 0) is 32.0 Å². The molecule has 0 atom stereocenters. The predicted molar refractivity (Wildman–Crippen MR) is 65.5 cm³/mol. The molecule has 0 amide bonds. The summed E-state index contributed by atoms with van der Waals surface area (Å²) >= 11 is 0. The van der Waals surface area contributed by atoms with Gasteiger partial charge in [-0.1, -0.05) is 12.8 Å². The molecule has 0 spiro atoms. The largest absolute Gasteiger partial charge is 0.355 e. The van der Waals surface area contributed by atoms with Crippen LogP contribution in [0, 0.1) is 0 Å². The Morgan fingerprint density at radius 2 is 1.88 bits per heavy atom. The third-order valence-electron chi connectivity index (χ3n) is 2.99. The number of hydrogen-bond acceptors (Lipinski definition) is 4. The van der Waals surface area contributed by atoms with Gasteiger partial charge in [0.15, 0.2) is 5.82 Å². The van der Waals surface area contributed by atoms with Gasteiger partial charge in [-0.3, -0.25) is 0 Å². The Balaban J connectivity index is 2.01. The van der Waals surface area contributed by atoms with Gasteiger partial charge in [-0.25, -0.2) is 0 Å². The van der Waals surface area contributed by atoms with E-state index in [2.05, 4.69) is 32.5 Å². The lowest BCUT2D eigenvalue weighted by Gasteiger charge is -2.20. The van der Waals surface area contributed by atoms with Crippen LogP contribution in [0.2, 0.25) is 0 Å². The minimum absolute atomic E-state index is 0.785. The molecule has 1 N–H and O–H groups in total. The van der Waals surface area contributed by atoms with Crippen molar-refractivity contribution in [3.05, 3.63) is 17.8 Å². The van der Waals surface area contributed by atoms with Gasteiger partial charge in [0.2, 0.25) is 0 Å². The molecule has 4 heteroatoms. The maximum absolute atomic E-state index is 4.30. The Morgan fingerprint density at radius 3 is 2.44 bits per heavy atom. The molecule has 1 aromatic heterocycles. The zero-order valence-electron chi connectivity index (χ0n) is 9.95. The molecule has 4 nitrogen and oxygen atoms in total. The zero-order chi connectivity index (χ0) is 11.2. The molecule has 0 aromatic carbocycles. The van der Waals surface area contributed by atoms with E-state index in [0.29, 0.717) is 0 Å². The standard InChI is InChI=1S/C12H20N4/c1-13-10-11-6-7-12(15-14-11)16-8-4-2-3-5-9-16/h6-7,13H,2-5,8-10H2,1H3. The van der Waals surface area contributed by atoms with Gasteiger partial charge in [0.1, 0.15) is 0 Å². The molecule has 16 heavy (non-hydrogen) atoms. The number of aromatic nitrogens is 2. The topological polar surface area (TPSA) is 41.0 Å². The average Bonchev–Trinajstić information content (AvgIpc) is 2.59. The lowest BCUT2D eigenvalue weighted by Crippen LogP contribution is -2.25. The van der Waals surface area contributed by atoms with Crippen LogP contribution in [-0.4, -0.2) is 30.3 Å². The molecule has 1 fully saturated rings. The van der Waals surface area contributed by atoms with Gasteiger partial charge in [-0.2, -0.15) is 5.10 Å². The van der Waals surface area contributed by atoms with Crippen LogP contribution in [0.1, 0.15) is 31.4 Å². The van der Waals surface area contributed by atoms with Crippen molar-refractivity contribution >= 4 is 5.82 Å². The molecular formula is C12H20N4. The van der Waals surface area contributed by atoms with E-state index < -0.39 is 0 Å². The Labute approximate surface area is 97.1 Å². The highest BCUT2D eigenvalue weighted by molar-refractivity contribution is 5.37. The monoisotopic (exact) mass is 220 g/mol. The Hall–Kier alpha value is -1.16. The van der Waals surface area contributed by atoms with E-state index in [4.69, 9.17) is 0 Å². The van der Waals surface area contributed by atoms with Gasteiger partial charge < -0.3 is 10.2 Å². The van der Waals surface area contributed by atoms with Gasteiger partial charge in [0.05, 0.1) is 5.69 Å². The normalized spacial score (nSPS) is 17.2. The fraction of sp³-hybridized carbons (Fsp3) is 0.667. The second-order valence-corrected chi connectivity index (χ2v) is 4.31. The Bertz CT molecular complexity index is 301. The zero-order valence-corrected chi connectivity index (χ0v) is 9.95. The van der Waals surface area contributed by atoms with E-state index in [1.807, 2.05) is 7.05 Å². The maximum atomic E-state index is 4.30. The summed E-state index contributed by atoms with van der Waals surface area (Å²) in [6.07, 6.45) is 5.25. The fourth-order valence-corrected chi connectivity index (χ4v) is 2.10. The molecule has 0 saturated carbocycles. The van der Waals surface area contributed by atoms with Gasteiger partial charge >= 0.3 is 0 Å². The van der Waals surface area contributed by atoms with Crippen LogP contribution in [0.25, 0.3) is 0 Å². The van der Waals surface area contributed by atoms with E-state index in [1.54, 1.807) is 0 Å². The highest BCUT2D eigenvalue weighted by Gasteiger charge is 2.11. The molecule has 1 aromatic rings. The van der Waals surface area contributed by atoms with Crippen LogP contribution in [-0.2, 0) is 6.54 Å². The van der Waals surface area contributed by atoms with Crippen molar-refractivity contribution in [2.45, 2.75) is 32.2 Å². The first-order chi connectivity index (χ1) is 7.90. The molecule has 0 radical (unpaired) electrons. The average molecular weight is 220 g/mol. The van der Waals surface area contributed by atoms with E-state index in [0.717, 1.165) is 31.1 Å². The molecule has 1 saturated heterocycles. The molecule has 0 aliphatic carbocycles. The van der Waals surface area contributed by atoms with Crippen molar-refractivity contribution < 1.29 is 0 Å². The molecule has 2 rings (SSSR count). The molecule has 88 valence electrons. The summed E-state index contributed by atoms with van der Waals surface area (Å²) < 4.78 is 0. The highest BCUT2D eigenvalue weighted by atomic mass is 15.3. The van der Waals surface area contributed by atoms with Gasteiger partial charge in [0, 0.05) is 19.6 Å². The number of rotatable bonds is 3. The second kappa shape index (κ2) is 5.80. The predicted octanol–water partition coefficient (Wildman–Crippen LogP) is 1.58. The van der Waals surface area contributed by atoms with Crippen LogP contribution in [0.5, 0.6) is 0 Å². The first-order valence-corrected chi connectivity index (χ1v) is 6.12. The first-order valence-electron chi connectivity index (χ1n) is 6.12. The number of nitrogens with zero attached hydrogens (tertiary/aromatic N) is 3. The van der Waals surface area contributed by atoms with Gasteiger partial charge in [0.25, 0.3) is 0 Å². The summed E-state index contributed by atoms with van der Waals surface area (Å²) in [5, 5.41) is 11.6. The molecular weight excluding hydrogens is 200 g/mol. The smallest absolute Gasteiger partial charge is 0.151 e. The first kappa shape index (κ1) is 11.3. The molecule has 1 aliphatic heterocycles. The molecule has 1 aliphatic rings. The number of hydrogen-bond donors (Lipinski definition) is 1. The fourth-order valence-electron chi connectivity index (χ4n) is 2.10. The minimum atomic E-state index is 0.785. The number of anilines is 1. The van der Waals surface area contributed by atoms with E-state index in [1.165, 1.54) is 25.7 Å². The van der Waals surface area contributed by atoms with Crippen LogP contribution < -0.4 is 10.2 Å². The summed E-state index contributed by atoms with van der Waals surface area (Å²) in [7, 11) is 1.92. The van der Waals surface area contributed by atoms with Gasteiger partial charge in [-0.15, -0.1) is 5.10 Å². The Kier molecular flexibility index (Phi) is 4.10. The summed E-state index contributed by atoms with van der Waals surface area (Å²) in [6, 6.07) is 4.15. The van der Waals surface area contributed by atoms with Crippen molar-refractivity contribution in [3.63, 3.8) is 0 Å². The van der Waals surface area contributed by atoms with Crippen LogP contribution in [0.15, 0.2) is 12.1 Å². The SMILES string of the molecule is CNCc1ccc(N2CCCCCC2)nn1. The van der Waals surface area contributed by atoms with Crippen molar-refractivity contribution in [2.75, 3.05) is 25.0 Å². The summed E-state index contributed by atoms with van der Waals surface area (Å²) in [5.74, 6) is 1.03. The van der Waals surface area contributed by atoms with Crippen molar-refractivity contribution in [3.8, 4) is 0 Å². The van der Waals surface area contributed by atoms with Crippen LogP contribution in [0.4, 0.5) is 5.82 Å². The number of nitrogens with one attached hydrogen (secondary N) is 1. The highest BCUT2D eigenvalue weighted by Crippen LogP contribution is 2.16.